The highest BCUT2D eigenvalue weighted by atomic mass is 16.4. The van der Waals surface area contributed by atoms with E-state index in [-0.39, 0.29) is 17.5 Å². The summed E-state index contributed by atoms with van der Waals surface area (Å²) in [5, 5.41) is 26.8. The van der Waals surface area contributed by atoms with Gasteiger partial charge in [0.15, 0.2) is 0 Å². The Bertz CT molecular complexity index is 591. The third-order valence-electron chi connectivity index (χ3n) is 3.86. The summed E-state index contributed by atoms with van der Waals surface area (Å²) in [6.45, 7) is 1.64. The Morgan fingerprint density at radius 3 is 2.04 bits per heavy atom. The molecule has 0 saturated heterocycles. The molecule has 1 aromatic rings. The number of unbranched alkanes of at least 4 members (excludes halogenated alkanes) is 4. The molecule has 0 fully saturated rings. The van der Waals surface area contributed by atoms with Gasteiger partial charge in [-0.2, -0.15) is 0 Å². The Labute approximate surface area is 134 Å². The first-order valence-corrected chi connectivity index (χ1v) is 7.65. The number of carboxylic acid groups (broad SMARTS) is 3. The fraction of sp³-hybridized carbons (Fsp3) is 0.471. The minimum Gasteiger partial charge on any atom is -0.481 e. The first-order valence-electron chi connectivity index (χ1n) is 7.65. The van der Waals surface area contributed by atoms with Gasteiger partial charge in [-0.1, -0.05) is 25.3 Å². The van der Waals surface area contributed by atoms with Crippen molar-refractivity contribution in [1.82, 2.24) is 0 Å². The molecule has 0 atom stereocenters. The van der Waals surface area contributed by atoms with E-state index in [1.807, 2.05) is 0 Å². The lowest BCUT2D eigenvalue weighted by Gasteiger charge is -2.11. The number of aryl methyl sites for hydroxylation is 1. The summed E-state index contributed by atoms with van der Waals surface area (Å²) in [5.41, 5.74) is 1.02. The van der Waals surface area contributed by atoms with Crippen LogP contribution in [-0.2, 0) is 11.2 Å². The molecule has 0 aliphatic heterocycles. The lowest BCUT2D eigenvalue weighted by atomic mass is 9.93. The van der Waals surface area contributed by atoms with Gasteiger partial charge >= 0.3 is 17.9 Å². The normalized spacial score (nSPS) is 10.5. The monoisotopic (exact) mass is 322 g/mol. The van der Waals surface area contributed by atoms with Gasteiger partial charge in [0.05, 0.1) is 11.1 Å². The molecule has 0 saturated carbocycles. The topological polar surface area (TPSA) is 112 Å². The minimum atomic E-state index is -1.24. The second kappa shape index (κ2) is 8.92. The van der Waals surface area contributed by atoms with Gasteiger partial charge in [0.25, 0.3) is 0 Å². The maximum atomic E-state index is 11.3. The molecule has 126 valence electrons. The number of aromatic carboxylic acids is 2. The van der Waals surface area contributed by atoms with Crippen molar-refractivity contribution in [1.29, 1.82) is 0 Å². The van der Waals surface area contributed by atoms with Crippen LogP contribution < -0.4 is 0 Å². The summed E-state index contributed by atoms with van der Waals surface area (Å²) in [5.74, 6) is -3.24. The number of rotatable bonds is 10. The van der Waals surface area contributed by atoms with Crippen molar-refractivity contribution in [2.45, 2.75) is 51.9 Å². The molecule has 1 rings (SSSR count). The highest BCUT2D eigenvalue weighted by Crippen LogP contribution is 2.21. The van der Waals surface area contributed by atoms with Crippen LogP contribution in [-0.4, -0.2) is 33.2 Å². The van der Waals surface area contributed by atoms with Crippen LogP contribution in [0.4, 0.5) is 0 Å². The zero-order chi connectivity index (χ0) is 17.4. The summed E-state index contributed by atoms with van der Waals surface area (Å²) < 4.78 is 0. The Hall–Kier alpha value is -2.37. The predicted octanol–water partition coefficient (Wildman–Crippen LogP) is 3.36. The Kier molecular flexibility index (Phi) is 7.25. The molecule has 3 N–H and O–H groups in total. The van der Waals surface area contributed by atoms with E-state index in [4.69, 9.17) is 10.2 Å². The third-order valence-corrected chi connectivity index (χ3v) is 3.86. The molecule has 0 spiro atoms. The fourth-order valence-corrected chi connectivity index (χ4v) is 2.60. The van der Waals surface area contributed by atoms with E-state index in [1.165, 1.54) is 6.07 Å². The average Bonchev–Trinajstić information content (AvgIpc) is 2.46. The molecular formula is C17H22O6. The second-order valence-corrected chi connectivity index (χ2v) is 5.54. The van der Waals surface area contributed by atoms with Gasteiger partial charge in [-0.3, -0.25) is 4.79 Å². The second-order valence-electron chi connectivity index (χ2n) is 5.54. The van der Waals surface area contributed by atoms with Gasteiger partial charge < -0.3 is 15.3 Å². The standard InChI is InChI=1S/C17H22O6/c1-11-12(7-5-3-2-4-6-8-14(18)19)9-10-13(16(20)21)15(11)17(22)23/h9-10H,2-8H2,1H3,(H,18,19)(H,20,21)(H,22,23). The lowest BCUT2D eigenvalue weighted by molar-refractivity contribution is -0.137. The van der Waals surface area contributed by atoms with Gasteiger partial charge in [0, 0.05) is 6.42 Å². The lowest BCUT2D eigenvalue weighted by Crippen LogP contribution is -2.12. The zero-order valence-electron chi connectivity index (χ0n) is 13.2. The summed E-state index contributed by atoms with van der Waals surface area (Å²) in [7, 11) is 0. The van der Waals surface area contributed by atoms with Crippen molar-refractivity contribution >= 4 is 17.9 Å². The molecule has 0 amide bonds. The maximum Gasteiger partial charge on any atom is 0.336 e. The van der Waals surface area contributed by atoms with E-state index in [0.29, 0.717) is 18.4 Å². The molecule has 6 heteroatoms. The molecule has 1 aromatic carbocycles. The van der Waals surface area contributed by atoms with Crippen molar-refractivity contribution in [2.75, 3.05) is 0 Å². The van der Waals surface area contributed by atoms with Crippen LogP contribution in [0.1, 0.15) is 70.4 Å². The van der Waals surface area contributed by atoms with Crippen LogP contribution in [0.2, 0.25) is 0 Å². The number of carboxylic acids is 3. The average molecular weight is 322 g/mol. The number of carbonyl (C=O) groups is 3. The first-order chi connectivity index (χ1) is 10.8. The van der Waals surface area contributed by atoms with Crippen LogP contribution in [0.25, 0.3) is 0 Å². The van der Waals surface area contributed by atoms with Gasteiger partial charge in [-0.15, -0.1) is 0 Å². The van der Waals surface area contributed by atoms with E-state index < -0.39 is 17.9 Å². The van der Waals surface area contributed by atoms with E-state index in [0.717, 1.165) is 31.2 Å². The highest BCUT2D eigenvalue weighted by Gasteiger charge is 2.20. The van der Waals surface area contributed by atoms with Gasteiger partial charge in [0.1, 0.15) is 0 Å². The van der Waals surface area contributed by atoms with Gasteiger partial charge in [-0.05, 0) is 43.4 Å². The molecule has 0 aliphatic rings. The Balaban J connectivity index is 2.58. The van der Waals surface area contributed by atoms with E-state index in [9.17, 15) is 19.5 Å². The molecule has 6 nitrogen and oxygen atoms in total. The maximum absolute atomic E-state index is 11.3. The van der Waals surface area contributed by atoms with Crippen LogP contribution in [0.15, 0.2) is 12.1 Å². The molecule has 0 unspecified atom stereocenters. The van der Waals surface area contributed by atoms with Crippen LogP contribution in [0, 0.1) is 6.92 Å². The molecule has 23 heavy (non-hydrogen) atoms. The number of benzene rings is 1. The number of hydrogen-bond acceptors (Lipinski definition) is 3. The summed E-state index contributed by atoms with van der Waals surface area (Å²) in [6, 6.07) is 3.02. The van der Waals surface area contributed by atoms with Crippen LogP contribution in [0.5, 0.6) is 0 Å². The SMILES string of the molecule is Cc1c(CCCCCCCC(=O)O)ccc(C(=O)O)c1C(=O)O. The summed E-state index contributed by atoms with van der Waals surface area (Å²) in [4.78, 5) is 32.8. The van der Waals surface area contributed by atoms with E-state index in [1.54, 1.807) is 13.0 Å². The molecule has 0 radical (unpaired) electrons. The van der Waals surface area contributed by atoms with Crippen molar-refractivity contribution in [3.8, 4) is 0 Å². The first kappa shape index (κ1) is 18.7. The smallest absolute Gasteiger partial charge is 0.336 e. The minimum absolute atomic E-state index is 0.142. The van der Waals surface area contributed by atoms with Crippen LogP contribution in [0.3, 0.4) is 0 Å². The number of hydrogen-bond donors (Lipinski definition) is 3. The summed E-state index contributed by atoms with van der Waals surface area (Å²) >= 11 is 0. The van der Waals surface area contributed by atoms with Crippen molar-refractivity contribution in [2.24, 2.45) is 0 Å². The third kappa shape index (κ3) is 5.73. The van der Waals surface area contributed by atoms with Gasteiger partial charge in [-0.25, -0.2) is 9.59 Å². The van der Waals surface area contributed by atoms with E-state index in [2.05, 4.69) is 0 Å². The van der Waals surface area contributed by atoms with Crippen molar-refractivity contribution < 1.29 is 29.7 Å². The Morgan fingerprint density at radius 1 is 0.870 bits per heavy atom. The molecule has 0 bridgehead atoms. The van der Waals surface area contributed by atoms with Gasteiger partial charge in [0.2, 0.25) is 0 Å². The zero-order valence-corrected chi connectivity index (χ0v) is 13.2. The van der Waals surface area contributed by atoms with E-state index >= 15 is 0 Å². The van der Waals surface area contributed by atoms with Crippen molar-refractivity contribution in [3.63, 3.8) is 0 Å². The van der Waals surface area contributed by atoms with Crippen LogP contribution >= 0.6 is 0 Å². The molecule has 0 aliphatic carbocycles. The quantitative estimate of drug-likeness (QED) is 0.569. The largest absolute Gasteiger partial charge is 0.481 e. The summed E-state index contributed by atoms with van der Waals surface area (Å²) in [6.07, 6.45) is 5.14. The molecule has 0 aromatic heterocycles. The molecular weight excluding hydrogens is 300 g/mol. The predicted molar refractivity (Wildman–Crippen MR) is 84.1 cm³/mol. The number of aliphatic carboxylic acids is 1. The fourth-order valence-electron chi connectivity index (χ4n) is 2.60. The van der Waals surface area contributed by atoms with Crippen molar-refractivity contribution in [3.05, 3.63) is 34.4 Å². The Morgan fingerprint density at radius 2 is 1.48 bits per heavy atom. The molecule has 0 heterocycles. The highest BCUT2D eigenvalue weighted by molar-refractivity contribution is 6.03.